The topological polar surface area (TPSA) is 81.1 Å². The van der Waals surface area contributed by atoms with Crippen LogP contribution >= 0.6 is 0 Å². The van der Waals surface area contributed by atoms with Crippen molar-refractivity contribution in [3.05, 3.63) is 123 Å². The Morgan fingerprint density at radius 2 is 1.83 bits per heavy atom. The van der Waals surface area contributed by atoms with Crippen LogP contribution in [-0.2, 0) is 6.61 Å². The molecule has 0 N–H and O–H groups in total. The number of allylic oxidation sites excluding steroid dienone is 1. The monoisotopic (exact) mass is 467 g/mol. The number of nitro groups is 1. The molecule has 0 aliphatic rings. The standard InChI is InChI=1S/C28H22FN3O3/c1-19-14-23(15-24(17-30)21-7-5-8-26(16-21)32(33)34)20(2)31(19)25-10-12-27(13-11-25)35-18-22-6-3-4-9-28(22)29/h3-16H,18H2,1-2H3. The number of nitro benzene ring substituents is 1. The number of ether oxygens (including phenoxy) is 1. The maximum absolute atomic E-state index is 13.8. The van der Waals surface area contributed by atoms with E-state index in [-0.39, 0.29) is 18.1 Å². The second-order valence-corrected chi connectivity index (χ2v) is 8.01. The Labute approximate surface area is 202 Å². The summed E-state index contributed by atoms with van der Waals surface area (Å²) < 4.78 is 21.6. The van der Waals surface area contributed by atoms with Gasteiger partial charge in [0.25, 0.3) is 5.69 Å². The van der Waals surface area contributed by atoms with E-state index in [0.29, 0.717) is 22.4 Å². The molecule has 6 nitrogen and oxygen atoms in total. The molecular weight excluding hydrogens is 445 g/mol. The largest absolute Gasteiger partial charge is 0.489 e. The number of aryl methyl sites for hydroxylation is 1. The molecule has 0 radical (unpaired) electrons. The van der Waals surface area contributed by atoms with E-state index in [1.807, 2.05) is 44.2 Å². The van der Waals surface area contributed by atoms with Gasteiger partial charge in [0.2, 0.25) is 0 Å². The SMILES string of the molecule is Cc1cc(C=C(C#N)c2cccc([N+](=O)[O-])c2)c(C)n1-c1ccc(OCc2ccccc2F)cc1. The smallest absolute Gasteiger partial charge is 0.270 e. The highest BCUT2D eigenvalue weighted by Gasteiger charge is 2.13. The van der Waals surface area contributed by atoms with Gasteiger partial charge in [-0.2, -0.15) is 5.26 Å². The maximum atomic E-state index is 13.8. The Hall–Kier alpha value is -4.70. The Morgan fingerprint density at radius 3 is 2.51 bits per heavy atom. The second-order valence-electron chi connectivity index (χ2n) is 8.01. The summed E-state index contributed by atoms with van der Waals surface area (Å²) in [6, 6.07) is 24.1. The van der Waals surface area contributed by atoms with Crippen molar-refractivity contribution < 1.29 is 14.1 Å². The summed E-state index contributed by atoms with van der Waals surface area (Å²) in [7, 11) is 0. The first-order valence-corrected chi connectivity index (χ1v) is 10.9. The molecule has 0 spiro atoms. The predicted molar refractivity (Wildman–Crippen MR) is 133 cm³/mol. The third-order valence-electron chi connectivity index (χ3n) is 5.71. The minimum atomic E-state index is -0.478. The van der Waals surface area contributed by atoms with Gasteiger partial charge >= 0.3 is 0 Å². The third kappa shape index (κ3) is 5.12. The van der Waals surface area contributed by atoms with E-state index in [0.717, 1.165) is 22.6 Å². The van der Waals surface area contributed by atoms with Crippen molar-refractivity contribution in [1.82, 2.24) is 4.57 Å². The summed E-state index contributed by atoms with van der Waals surface area (Å²) >= 11 is 0. The number of nitrogens with zero attached hydrogens (tertiary/aromatic N) is 3. The van der Waals surface area contributed by atoms with Crippen LogP contribution in [0.25, 0.3) is 17.3 Å². The molecule has 0 saturated carbocycles. The number of hydrogen-bond donors (Lipinski definition) is 0. The molecule has 35 heavy (non-hydrogen) atoms. The van der Waals surface area contributed by atoms with E-state index in [1.54, 1.807) is 36.4 Å². The van der Waals surface area contributed by atoms with Gasteiger partial charge in [-0.3, -0.25) is 10.1 Å². The van der Waals surface area contributed by atoms with Gasteiger partial charge in [-0.1, -0.05) is 30.3 Å². The van der Waals surface area contributed by atoms with Crippen LogP contribution in [0, 0.1) is 41.1 Å². The Kier molecular flexibility index (Phi) is 6.74. The number of halogens is 1. The Balaban J connectivity index is 1.59. The molecule has 1 aromatic heterocycles. The van der Waals surface area contributed by atoms with Crippen LogP contribution in [-0.4, -0.2) is 9.49 Å². The van der Waals surface area contributed by atoms with E-state index in [9.17, 15) is 19.8 Å². The fraction of sp³-hybridized carbons (Fsp3) is 0.107. The third-order valence-corrected chi connectivity index (χ3v) is 5.71. The molecule has 3 aromatic carbocycles. The molecule has 0 atom stereocenters. The van der Waals surface area contributed by atoms with Gasteiger partial charge in [-0.25, -0.2) is 4.39 Å². The van der Waals surface area contributed by atoms with E-state index < -0.39 is 4.92 Å². The molecule has 174 valence electrons. The van der Waals surface area contributed by atoms with Gasteiger partial charge < -0.3 is 9.30 Å². The molecular formula is C28H22FN3O3. The van der Waals surface area contributed by atoms with Gasteiger partial charge in [0.15, 0.2) is 0 Å². The average molecular weight is 468 g/mol. The molecule has 7 heteroatoms. The molecule has 0 aliphatic heterocycles. The number of aromatic nitrogens is 1. The van der Waals surface area contributed by atoms with Crippen LogP contribution < -0.4 is 4.74 Å². The number of nitriles is 1. The first-order chi connectivity index (χ1) is 16.9. The minimum Gasteiger partial charge on any atom is -0.489 e. The first-order valence-electron chi connectivity index (χ1n) is 10.9. The highest BCUT2D eigenvalue weighted by molar-refractivity contribution is 5.90. The van der Waals surface area contributed by atoms with Crippen LogP contribution in [0.1, 0.15) is 28.1 Å². The Morgan fingerprint density at radius 1 is 1.09 bits per heavy atom. The molecule has 0 amide bonds. The lowest BCUT2D eigenvalue weighted by Crippen LogP contribution is -2.01. The van der Waals surface area contributed by atoms with E-state index in [4.69, 9.17) is 4.74 Å². The van der Waals surface area contributed by atoms with Gasteiger partial charge in [0, 0.05) is 34.8 Å². The highest BCUT2D eigenvalue weighted by atomic mass is 19.1. The fourth-order valence-electron chi connectivity index (χ4n) is 3.92. The summed E-state index contributed by atoms with van der Waals surface area (Å²) in [6.07, 6.45) is 1.74. The van der Waals surface area contributed by atoms with Crippen LogP contribution in [0.15, 0.2) is 78.9 Å². The van der Waals surface area contributed by atoms with Crippen molar-refractivity contribution in [2.24, 2.45) is 0 Å². The van der Waals surface area contributed by atoms with E-state index >= 15 is 0 Å². The lowest BCUT2D eigenvalue weighted by atomic mass is 10.0. The van der Waals surface area contributed by atoms with E-state index in [2.05, 4.69) is 10.6 Å². The van der Waals surface area contributed by atoms with Crippen molar-refractivity contribution in [3.8, 4) is 17.5 Å². The summed E-state index contributed by atoms with van der Waals surface area (Å²) in [5, 5.41) is 20.8. The molecule has 0 unspecified atom stereocenters. The molecule has 0 fully saturated rings. The summed E-state index contributed by atoms with van der Waals surface area (Å²) in [5.74, 6) is 0.321. The van der Waals surface area contributed by atoms with Crippen molar-refractivity contribution >= 4 is 17.3 Å². The molecule has 4 aromatic rings. The summed E-state index contributed by atoms with van der Waals surface area (Å²) in [4.78, 5) is 10.6. The zero-order valence-corrected chi connectivity index (χ0v) is 19.2. The number of benzene rings is 3. The number of rotatable bonds is 7. The predicted octanol–water partition coefficient (Wildman–Crippen LogP) is 6.78. The van der Waals surface area contributed by atoms with Crippen molar-refractivity contribution in [2.45, 2.75) is 20.5 Å². The lowest BCUT2D eigenvalue weighted by molar-refractivity contribution is -0.384. The summed E-state index contributed by atoms with van der Waals surface area (Å²) in [5.41, 5.74) is 4.88. The second kappa shape index (κ2) is 10.1. The molecule has 0 bridgehead atoms. The van der Waals surface area contributed by atoms with Crippen molar-refractivity contribution in [2.75, 3.05) is 0 Å². The van der Waals surface area contributed by atoms with Crippen LogP contribution in [0.2, 0.25) is 0 Å². The lowest BCUT2D eigenvalue weighted by Gasteiger charge is -2.12. The van der Waals surface area contributed by atoms with Gasteiger partial charge in [0.1, 0.15) is 18.2 Å². The molecule has 1 heterocycles. The highest BCUT2D eigenvalue weighted by Crippen LogP contribution is 2.27. The molecule has 0 saturated heterocycles. The van der Waals surface area contributed by atoms with Crippen LogP contribution in [0.5, 0.6) is 5.75 Å². The van der Waals surface area contributed by atoms with E-state index in [1.165, 1.54) is 18.2 Å². The van der Waals surface area contributed by atoms with Gasteiger partial charge in [-0.05, 0) is 67.4 Å². The minimum absolute atomic E-state index is 0.0635. The molecule has 0 aliphatic carbocycles. The molecule has 4 rings (SSSR count). The van der Waals surface area contributed by atoms with Crippen LogP contribution in [0.3, 0.4) is 0 Å². The number of hydrogen-bond acceptors (Lipinski definition) is 4. The quantitative estimate of drug-likeness (QED) is 0.170. The van der Waals surface area contributed by atoms with Crippen LogP contribution in [0.4, 0.5) is 10.1 Å². The first kappa shape index (κ1) is 23.5. The Bertz CT molecular complexity index is 1460. The summed E-state index contributed by atoms with van der Waals surface area (Å²) in [6.45, 7) is 4.05. The normalized spacial score (nSPS) is 11.2. The fourth-order valence-corrected chi connectivity index (χ4v) is 3.92. The zero-order chi connectivity index (χ0) is 24.9. The van der Waals surface area contributed by atoms with Gasteiger partial charge in [0.05, 0.1) is 16.6 Å². The van der Waals surface area contributed by atoms with Gasteiger partial charge in [-0.15, -0.1) is 0 Å². The zero-order valence-electron chi connectivity index (χ0n) is 19.2. The average Bonchev–Trinajstić information content (AvgIpc) is 3.14. The maximum Gasteiger partial charge on any atom is 0.270 e. The van der Waals surface area contributed by atoms with Crippen molar-refractivity contribution in [3.63, 3.8) is 0 Å². The number of non-ortho nitro benzene ring substituents is 1. The van der Waals surface area contributed by atoms with Crippen molar-refractivity contribution in [1.29, 1.82) is 5.26 Å².